The highest BCUT2D eigenvalue weighted by Gasteiger charge is 2.45. The number of nitrogens with two attached hydrogens (primary N) is 1. The van der Waals surface area contributed by atoms with Gasteiger partial charge in [0.25, 0.3) is 5.91 Å². The first-order valence-corrected chi connectivity index (χ1v) is 5.56. The summed E-state index contributed by atoms with van der Waals surface area (Å²) in [5.74, 6) is 0.768. The second-order valence-electron chi connectivity index (χ2n) is 4.98. The summed E-state index contributed by atoms with van der Waals surface area (Å²) in [7, 11) is 0. The normalized spacial score (nSPS) is 18.7. The van der Waals surface area contributed by atoms with Gasteiger partial charge in [-0.1, -0.05) is 13.8 Å². The van der Waals surface area contributed by atoms with Gasteiger partial charge in [0.1, 0.15) is 0 Å². The van der Waals surface area contributed by atoms with E-state index < -0.39 is 0 Å². The number of carbonyl (C=O) groups is 1. The van der Waals surface area contributed by atoms with Gasteiger partial charge in [0.05, 0.1) is 11.8 Å². The SMILES string of the molecule is Cc1ccoc1C(=O)N1CC(N)(C(C)C)C1. The maximum Gasteiger partial charge on any atom is 0.289 e. The molecule has 2 N–H and O–H groups in total. The molecule has 1 fully saturated rings. The van der Waals surface area contributed by atoms with Gasteiger partial charge < -0.3 is 15.1 Å². The molecular weight excluding hydrogens is 204 g/mol. The Balaban J connectivity index is 2.04. The summed E-state index contributed by atoms with van der Waals surface area (Å²) in [6.07, 6.45) is 1.54. The molecule has 0 aromatic carbocycles. The molecule has 2 rings (SSSR count). The summed E-state index contributed by atoms with van der Waals surface area (Å²) in [5, 5.41) is 0. The van der Waals surface area contributed by atoms with Crippen molar-refractivity contribution in [1.29, 1.82) is 0 Å². The molecule has 4 heteroatoms. The maximum atomic E-state index is 12.0. The minimum atomic E-state index is -0.226. The smallest absolute Gasteiger partial charge is 0.289 e. The molecule has 1 aliphatic heterocycles. The molecule has 0 unspecified atom stereocenters. The van der Waals surface area contributed by atoms with E-state index in [1.54, 1.807) is 17.2 Å². The lowest BCUT2D eigenvalue weighted by molar-refractivity contribution is 0.0247. The molecule has 1 aromatic rings. The van der Waals surface area contributed by atoms with Crippen LogP contribution in [0.2, 0.25) is 0 Å². The van der Waals surface area contributed by atoms with Crippen molar-refractivity contribution in [2.45, 2.75) is 26.3 Å². The number of nitrogens with zero attached hydrogens (tertiary/aromatic N) is 1. The number of carbonyl (C=O) groups excluding carboxylic acids is 1. The predicted octanol–water partition coefficient (Wildman–Crippen LogP) is 1.40. The van der Waals surface area contributed by atoms with Crippen LogP contribution in [0.1, 0.15) is 30.0 Å². The first kappa shape index (κ1) is 11.2. The third-order valence-corrected chi connectivity index (χ3v) is 3.46. The summed E-state index contributed by atoms with van der Waals surface area (Å²) in [4.78, 5) is 13.7. The van der Waals surface area contributed by atoms with Crippen LogP contribution >= 0.6 is 0 Å². The van der Waals surface area contributed by atoms with Crippen molar-refractivity contribution in [2.24, 2.45) is 11.7 Å². The Morgan fingerprint density at radius 2 is 2.19 bits per heavy atom. The first-order valence-electron chi connectivity index (χ1n) is 5.56. The molecule has 1 aromatic heterocycles. The Hall–Kier alpha value is -1.29. The van der Waals surface area contributed by atoms with Gasteiger partial charge in [-0.2, -0.15) is 0 Å². The first-order chi connectivity index (χ1) is 7.44. The van der Waals surface area contributed by atoms with Gasteiger partial charge >= 0.3 is 0 Å². The molecule has 0 bridgehead atoms. The molecule has 0 radical (unpaired) electrons. The predicted molar refractivity (Wildman–Crippen MR) is 61.1 cm³/mol. The van der Waals surface area contributed by atoms with Crippen LogP contribution in [-0.2, 0) is 0 Å². The molecule has 4 nitrogen and oxygen atoms in total. The van der Waals surface area contributed by atoms with E-state index in [9.17, 15) is 4.79 Å². The summed E-state index contributed by atoms with van der Waals surface area (Å²) in [5.41, 5.74) is 6.79. The van der Waals surface area contributed by atoms with Crippen molar-refractivity contribution in [2.75, 3.05) is 13.1 Å². The Morgan fingerprint density at radius 3 is 2.62 bits per heavy atom. The molecule has 1 aliphatic rings. The van der Waals surface area contributed by atoms with Gasteiger partial charge in [0, 0.05) is 18.7 Å². The molecule has 0 aliphatic carbocycles. The fourth-order valence-corrected chi connectivity index (χ4v) is 1.91. The van der Waals surface area contributed by atoms with Crippen LogP contribution in [0, 0.1) is 12.8 Å². The number of aryl methyl sites for hydroxylation is 1. The van der Waals surface area contributed by atoms with Gasteiger partial charge in [-0.3, -0.25) is 4.79 Å². The Bertz CT molecular complexity index is 403. The third-order valence-electron chi connectivity index (χ3n) is 3.46. The highest BCUT2D eigenvalue weighted by molar-refractivity contribution is 5.93. The van der Waals surface area contributed by atoms with Crippen LogP contribution in [0.15, 0.2) is 16.7 Å². The molecular formula is C12H18N2O2. The summed E-state index contributed by atoms with van der Waals surface area (Å²) < 4.78 is 5.18. The van der Waals surface area contributed by atoms with E-state index in [1.807, 2.05) is 6.92 Å². The van der Waals surface area contributed by atoms with Crippen LogP contribution in [-0.4, -0.2) is 29.4 Å². The lowest BCUT2D eigenvalue weighted by Gasteiger charge is -2.50. The molecule has 16 heavy (non-hydrogen) atoms. The quantitative estimate of drug-likeness (QED) is 0.822. The number of rotatable bonds is 2. The van der Waals surface area contributed by atoms with Crippen LogP contribution in [0.3, 0.4) is 0 Å². The van der Waals surface area contributed by atoms with Gasteiger partial charge in [0.15, 0.2) is 5.76 Å². The van der Waals surface area contributed by atoms with E-state index >= 15 is 0 Å². The number of hydrogen-bond donors (Lipinski definition) is 1. The molecule has 0 atom stereocenters. The van der Waals surface area contributed by atoms with Crippen molar-refractivity contribution in [3.63, 3.8) is 0 Å². The zero-order chi connectivity index (χ0) is 11.9. The fourth-order valence-electron chi connectivity index (χ4n) is 1.91. The number of amides is 1. The molecule has 0 saturated carbocycles. The summed E-state index contributed by atoms with van der Waals surface area (Å²) >= 11 is 0. The van der Waals surface area contributed by atoms with Crippen molar-refractivity contribution in [3.8, 4) is 0 Å². The van der Waals surface area contributed by atoms with E-state index in [1.165, 1.54) is 0 Å². The molecule has 1 amide bonds. The summed E-state index contributed by atoms with van der Waals surface area (Å²) in [6.45, 7) is 7.27. The van der Waals surface area contributed by atoms with Gasteiger partial charge in [0.2, 0.25) is 0 Å². The van der Waals surface area contributed by atoms with Crippen LogP contribution in [0.4, 0.5) is 0 Å². The van der Waals surface area contributed by atoms with E-state index in [0.717, 1.165) is 5.56 Å². The van der Waals surface area contributed by atoms with Crippen LogP contribution in [0.5, 0.6) is 0 Å². The second kappa shape index (κ2) is 3.63. The lowest BCUT2D eigenvalue weighted by atomic mass is 9.80. The minimum absolute atomic E-state index is 0.0516. The average molecular weight is 222 g/mol. The van der Waals surface area contributed by atoms with Gasteiger partial charge in [-0.05, 0) is 18.9 Å². The Labute approximate surface area is 95.4 Å². The molecule has 1 saturated heterocycles. The Morgan fingerprint density at radius 1 is 1.56 bits per heavy atom. The molecule has 2 heterocycles. The lowest BCUT2D eigenvalue weighted by Crippen LogP contribution is -2.71. The van der Waals surface area contributed by atoms with Crippen molar-refractivity contribution < 1.29 is 9.21 Å². The topological polar surface area (TPSA) is 59.5 Å². The van der Waals surface area contributed by atoms with Crippen LogP contribution in [0.25, 0.3) is 0 Å². The maximum absolute atomic E-state index is 12.0. The van der Waals surface area contributed by atoms with Crippen molar-refractivity contribution in [3.05, 3.63) is 23.7 Å². The van der Waals surface area contributed by atoms with Crippen molar-refractivity contribution in [1.82, 2.24) is 4.90 Å². The van der Waals surface area contributed by atoms with Gasteiger partial charge in [-0.25, -0.2) is 0 Å². The highest BCUT2D eigenvalue weighted by Crippen LogP contribution is 2.28. The van der Waals surface area contributed by atoms with E-state index in [4.69, 9.17) is 10.2 Å². The standard InChI is InChI=1S/C12H18N2O2/c1-8(2)12(13)6-14(7-12)11(15)10-9(3)4-5-16-10/h4-5,8H,6-7,13H2,1-3H3. The Kier molecular flexibility index (Phi) is 2.54. The summed E-state index contributed by atoms with van der Waals surface area (Å²) in [6, 6.07) is 1.80. The fraction of sp³-hybridized carbons (Fsp3) is 0.583. The number of likely N-dealkylation sites (tertiary alicyclic amines) is 1. The monoisotopic (exact) mass is 222 g/mol. The van der Waals surface area contributed by atoms with E-state index in [-0.39, 0.29) is 11.4 Å². The average Bonchev–Trinajstić information content (AvgIpc) is 2.58. The van der Waals surface area contributed by atoms with Crippen LogP contribution < -0.4 is 5.73 Å². The number of hydrogen-bond acceptors (Lipinski definition) is 3. The highest BCUT2D eigenvalue weighted by atomic mass is 16.3. The second-order valence-corrected chi connectivity index (χ2v) is 4.98. The molecule has 0 spiro atoms. The third kappa shape index (κ3) is 1.63. The zero-order valence-corrected chi connectivity index (χ0v) is 9.99. The number of furan rings is 1. The molecule has 88 valence electrons. The van der Waals surface area contributed by atoms with E-state index in [2.05, 4.69) is 13.8 Å². The van der Waals surface area contributed by atoms with Crippen molar-refractivity contribution >= 4 is 5.91 Å². The van der Waals surface area contributed by atoms with E-state index in [0.29, 0.717) is 24.8 Å². The zero-order valence-electron chi connectivity index (χ0n) is 9.99. The largest absolute Gasteiger partial charge is 0.459 e. The minimum Gasteiger partial charge on any atom is -0.459 e. The van der Waals surface area contributed by atoms with Gasteiger partial charge in [-0.15, -0.1) is 0 Å².